The molecule has 1 heterocycles. The van der Waals surface area contributed by atoms with Gasteiger partial charge in [0.1, 0.15) is 5.01 Å². The Balaban J connectivity index is 2.05. The van der Waals surface area contributed by atoms with E-state index in [1.54, 1.807) is 11.3 Å². The molecule has 0 radical (unpaired) electrons. The van der Waals surface area contributed by atoms with E-state index in [4.69, 9.17) is 0 Å². The van der Waals surface area contributed by atoms with Gasteiger partial charge in [-0.15, -0.1) is 11.3 Å². The lowest BCUT2D eigenvalue weighted by Gasteiger charge is -2.31. The van der Waals surface area contributed by atoms with Gasteiger partial charge in [-0.2, -0.15) is 0 Å². The quantitative estimate of drug-likeness (QED) is 0.867. The van der Waals surface area contributed by atoms with Crippen LogP contribution in [0, 0.1) is 5.92 Å². The highest BCUT2D eigenvalue weighted by atomic mass is 32.1. The van der Waals surface area contributed by atoms with E-state index in [2.05, 4.69) is 36.5 Å². The Kier molecular flexibility index (Phi) is 3.65. The summed E-state index contributed by atoms with van der Waals surface area (Å²) >= 11 is 1.77. The van der Waals surface area contributed by atoms with Crippen molar-refractivity contribution in [1.29, 1.82) is 0 Å². The summed E-state index contributed by atoms with van der Waals surface area (Å²) in [6.07, 6.45) is 7.02. The largest absolute Gasteiger partial charge is 0.303 e. The zero-order chi connectivity index (χ0) is 11.6. The van der Waals surface area contributed by atoms with Gasteiger partial charge in [0.2, 0.25) is 0 Å². The Morgan fingerprint density at radius 3 is 2.88 bits per heavy atom. The number of hydrogen-bond acceptors (Lipinski definition) is 3. The number of nitrogens with one attached hydrogen (secondary N) is 1. The average molecular weight is 238 g/mol. The normalized spacial score (nSPS) is 29.2. The molecule has 1 fully saturated rings. The van der Waals surface area contributed by atoms with Gasteiger partial charge in [-0.05, 0) is 38.5 Å². The van der Waals surface area contributed by atoms with E-state index in [9.17, 15) is 0 Å². The third kappa shape index (κ3) is 2.46. The van der Waals surface area contributed by atoms with E-state index in [0.717, 1.165) is 12.3 Å². The monoisotopic (exact) mass is 238 g/mol. The van der Waals surface area contributed by atoms with Crippen LogP contribution in [0.1, 0.15) is 51.5 Å². The van der Waals surface area contributed by atoms with E-state index >= 15 is 0 Å². The molecule has 1 aliphatic rings. The molecule has 3 unspecified atom stereocenters. The molecule has 1 N–H and O–H groups in total. The van der Waals surface area contributed by atoms with Crippen LogP contribution in [-0.4, -0.2) is 11.0 Å². The van der Waals surface area contributed by atoms with Crippen LogP contribution in [0.2, 0.25) is 0 Å². The van der Waals surface area contributed by atoms with Crippen molar-refractivity contribution in [1.82, 2.24) is 10.3 Å². The first-order valence-corrected chi connectivity index (χ1v) is 7.19. The number of thiazole rings is 1. The summed E-state index contributed by atoms with van der Waals surface area (Å²) in [6, 6.07) is 0.684. The summed E-state index contributed by atoms with van der Waals surface area (Å²) in [5.41, 5.74) is 0.0723. The van der Waals surface area contributed by atoms with Crippen LogP contribution in [0.15, 0.2) is 11.6 Å². The Labute approximate surface area is 102 Å². The molecule has 0 saturated heterocycles. The highest BCUT2D eigenvalue weighted by Gasteiger charge is 2.32. The zero-order valence-corrected chi connectivity index (χ0v) is 11.3. The smallest absolute Gasteiger partial charge is 0.112 e. The molecule has 2 nitrogen and oxygen atoms in total. The molecule has 0 amide bonds. The van der Waals surface area contributed by atoms with Gasteiger partial charge in [-0.1, -0.05) is 13.8 Å². The van der Waals surface area contributed by atoms with E-state index in [1.807, 2.05) is 6.20 Å². The second kappa shape index (κ2) is 4.84. The maximum atomic E-state index is 4.48. The molecule has 1 aliphatic carbocycles. The van der Waals surface area contributed by atoms with Crippen LogP contribution >= 0.6 is 11.3 Å². The fraction of sp³-hybridized carbons (Fsp3) is 0.769. The van der Waals surface area contributed by atoms with Crippen molar-refractivity contribution in [3.05, 3.63) is 16.6 Å². The minimum Gasteiger partial charge on any atom is -0.303 e. The maximum Gasteiger partial charge on any atom is 0.112 e. The maximum absolute atomic E-state index is 4.48. The molecule has 1 aromatic heterocycles. The Morgan fingerprint density at radius 1 is 1.56 bits per heavy atom. The van der Waals surface area contributed by atoms with Crippen LogP contribution in [-0.2, 0) is 5.54 Å². The van der Waals surface area contributed by atoms with Crippen molar-refractivity contribution in [3.8, 4) is 0 Å². The molecule has 1 aromatic rings. The van der Waals surface area contributed by atoms with Crippen LogP contribution < -0.4 is 5.32 Å². The van der Waals surface area contributed by atoms with Gasteiger partial charge in [0.25, 0.3) is 0 Å². The van der Waals surface area contributed by atoms with Crippen molar-refractivity contribution in [2.45, 2.75) is 58.0 Å². The Bertz CT molecular complexity index is 323. The summed E-state index contributed by atoms with van der Waals surface area (Å²) in [6.45, 7) is 6.88. The van der Waals surface area contributed by atoms with Gasteiger partial charge < -0.3 is 5.32 Å². The summed E-state index contributed by atoms with van der Waals surface area (Å²) in [5, 5.41) is 7.13. The van der Waals surface area contributed by atoms with Gasteiger partial charge in [0, 0.05) is 17.6 Å². The van der Waals surface area contributed by atoms with E-state index < -0.39 is 0 Å². The van der Waals surface area contributed by atoms with Gasteiger partial charge in [-0.25, -0.2) is 4.98 Å². The van der Waals surface area contributed by atoms with Crippen molar-refractivity contribution in [2.75, 3.05) is 0 Å². The van der Waals surface area contributed by atoms with Crippen molar-refractivity contribution < 1.29 is 0 Å². The molecule has 3 heteroatoms. The third-order valence-corrected chi connectivity index (χ3v) is 4.87. The lowest BCUT2D eigenvalue weighted by atomic mass is 9.97. The molecular weight excluding hydrogens is 216 g/mol. The molecule has 90 valence electrons. The van der Waals surface area contributed by atoms with Gasteiger partial charge in [-0.3, -0.25) is 0 Å². The predicted molar refractivity (Wildman–Crippen MR) is 69.7 cm³/mol. The van der Waals surface area contributed by atoms with Gasteiger partial charge in [0.15, 0.2) is 0 Å². The summed E-state index contributed by atoms with van der Waals surface area (Å²) in [4.78, 5) is 4.48. The first-order chi connectivity index (χ1) is 7.64. The average Bonchev–Trinajstić information content (AvgIpc) is 2.89. The summed E-state index contributed by atoms with van der Waals surface area (Å²) in [7, 11) is 0. The minimum absolute atomic E-state index is 0.0723. The van der Waals surface area contributed by atoms with E-state index in [0.29, 0.717) is 6.04 Å². The molecule has 0 aliphatic heterocycles. The van der Waals surface area contributed by atoms with Crippen LogP contribution in [0.4, 0.5) is 0 Å². The molecule has 3 atom stereocenters. The molecule has 0 spiro atoms. The van der Waals surface area contributed by atoms with Crippen LogP contribution in [0.3, 0.4) is 0 Å². The highest BCUT2D eigenvalue weighted by molar-refractivity contribution is 7.09. The standard InChI is InChI=1S/C13H22N2S/c1-4-13(3,12-14-7-8-16-12)15-11-6-5-10(2)9-11/h7-8,10-11,15H,4-6,9H2,1-3H3. The summed E-state index contributed by atoms with van der Waals surface area (Å²) < 4.78 is 0. The SMILES string of the molecule is CCC(C)(NC1CCC(C)C1)c1nccs1. The third-order valence-electron chi connectivity index (χ3n) is 3.83. The second-order valence-corrected chi connectivity index (χ2v) is 6.18. The van der Waals surface area contributed by atoms with Crippen molar-refractivity contribution in [3.63, 3.8) is 0 Å². The lowest BCUT2D eigenvalue weighted by Crippen LogP contribution is -2.44. The topological polar surface area (TPSA) is 24.9 Å². The van der Waals surface area contributed by atoms with Crippen molar-refractivity contribution >= 4 is 11.3 Å². The minimum atomic E-state index is 0.0723. The first-order valence-electron chi connectivity index (χ1n) is 6.31. The Morgan fingerprint density at radius 2 is 2.38 bits per heavy atom. The molecule has 16 heavy (non-hydrogen) atoms. The van der Waals surface area contributed by atoms with Gasteiger partial charge in [0.05, 0.1) is 5.54 Å². The van der Waals surface area contributed by atoms with Crippen LogP contribution in [0.5, 0.6) is 0 Å². The summed E-state index contributed by atoms with van der Waals surface area (Å²) in [5.74, 6) is 0.884. The Hall–Kier alpha value is -0.410. The lowest BCUT2D eigenvalue weighted by molar-refractivity contribution is 0.300. The van der Waals surface area contributed by atoms with Crippen LogP contribution in [0.25, 0.3) is 0 Å². The molecular formula is C13H22N2S. The van der Waals surface area contributed by atoms with E-state index in [1.165, 1.54) is 24.3 Å². The number of nitrogens with zero attached hydrogens (tertiary/aromatic N) is 1. The predicted octanol–water partition coefficient (Wildman–Crippen LogP) is 3.55. The zero-order valence-electron chi connectivity index (χ0n) is 10.5. The van der Waals surface area contributed by atoms with Gasteiger partial charge >= 0.3 is 0 Å². The highest BCUT2D eigenvalue weighted by Crippen LogP contribution is 2.32. The number of aromatic nitrogens is 1. The number of rotatable bonds is 4. The fourth-order valence-electron chi connectivity index (χ4n) is 2.60. The number of hydrogen-bond donors (Lipinski definition) is 1. The second-order valence-electron chi connectivity index (χ2n) is 5.28. The fourth-order valence-corrected chi connectivity index (χ4v) is 3.44. The molecule has 0 bridgehead atoms. The molecule has 1 saturated carbocycles. The van der Waals surface area contributed by atoms with E-state index in [-0.39, 0.29) is 5.54 Å². The molecule has 2 rings (SSSR count). The molecule has 0 aromatic carbocycles. The van der Waals surface area contributed by atoms with Crippen molar-refractivity contribution in [2.24, 2.45) is 5.92 Å². The first kappa shape index (κ1) is 12.1.